The first-order valence-electron chi connectivity index (χ1n) is 13.1. The van der Waals surface area contributed by atoms with E-state index in [1.54, 1.807) is 6.92 Å². The molecule has 7 heteroatoms. The van der Waals surface area contributed by atoms with Crippen LogP contribution in [0.25, 0.3) is 0 Å². The van der Waals surface area contributed by atoms with Crippen LogP contribution in [0, 0.1) is 0 Å². The molecule has 3 rings (SSSR count). The van der Waals surface area contributed by atoms with Gasteiger partial charge < -0.3 is 24.4 Å². The number of carbonyl (C=O) groups excluding carboxylic acids is 1. The molecule has 0 saturated carbocycles. The maximum Gasteiger partial charge on any atom is 0.344 e. The number of hydrogen-bond acceptors (Lipinski definition) is 7. The van der Waals surface area contributed by atoms with Gasteiger partial charge in [-0.1, -0.05) is 60.7 Å². The van der Waals surface area contributed by atoms with Crippen LogP contribution in [0.15, 0.2) is 84.9 Å². The van der Waals surface area contributed by atoms with E-state index in [1.807, 2.05) is 84.9 Å². The third kappa shape index (κ3) is 10.2. The number of benzene rings is 3. The molecule has 38 heavy (non-hydrogen) atoms. The number of para-hydroxylation sites is 1. The van der Waals surface area contributed by atoms with Gasteiger partial charge in [-0.2, -0.15) is 0 Å². The monoisotopic (exact) mass is 521 g/mol. The van der Waals surface area contributed by atoms with Gasteiger partial charge in [0, 0.05) is 19.1 Å². The van der Waals surface area contributed by atoms with Crippen LogP contribution in [-0.4, -0.2) is 66.1 Å². The van der Waals surface area contributed by atoms with E-state index in [0.717, 1.165) is 24.0 Å². The van der Waals surface area contributed by atoms with Crippen molar-refractivity contribution in [2.75, 3.05) is 32.9 Å². The lowest BCUT2D eigenvalue weighted by Gasteiger charge is -2.33. The lowest BCUT2D eigenvalue weighted by atomic mass is 10.0. The Balaban J connectivity index is 1.56. The molecule has 7 nitrogen and oxygen atoms in total. The van der Waals surface area contributed by atoms with Crippen molar-refractivity contribution in [3.63, 3.8) is 0 Å². The fourth-order valence-electron chi connectivity index (χ4n) is 4.13. The fraction of sp³-hybridized carbons (Fsp3) is 0.387. The van der Waals surface area contributed by atoms with E-state index < -0.39 is 12.2 Å². The van der Waals surface area contributed by atoms with Gasteiger partial charge in [0.25, 0.3) is 0 Å². The summed E-state index contributed by atoms with van der Waals surface area (Å²) in [5.74, 6) is 0.939. The van der Waals surface area contributed by atoms with E-state index in [9.17, 15) is 15.0 Å². The molecule has 0 heterocycles. The van der Waals surface area contributed by atoms with Crippen molar-refractivity contribution in [2.24, 2.45) is 0 Å². The number of aliphatic hydroxyl groups is 2. The van der Waals surface area contributed by atoms with Gasteiger partial charge >= 0.3 is 5.97 Å². The first kappa shape index (κ1) is 29.2. The van der Waals surface area contributed by atoms with Crippen LogP contribution in [-0.2, 0) is 16.0 Å². The average molecular weight is 522 g/mol. The highest BCUT2D eigenvalue weighted by Gasteiger charge is 2.22. The van der Waals surface area contributed by atoms with Crippen LogP contribution < -0.4 is 9.47 Å². The molecule has 0 unspecified atom stereocenters. The quantitative estimate of drug-likeness (QED) is 0.270. The normalized spacial score (nSPS) is 13.5. The summed E-state index contributed by atoms with van der Waals surface area (Å²) >= 11 is 0. The Morgan fingerprint density at radius 1 is 0.842 bits per heavy atom. The predicted molar refractivity (Wildman–Crippen MR) is 147 cm³/mol. The smallest absolute Gasteiger partial charge is 0.344 e. The summed E-state index contributed by atoms with van der Waals surface area (Å²) < 4.78 is 16.1. The summed E-state index contributed by atoms with van der Waals surface area (Å²) in [6, 6.07) is 26.8. The highest BCUT2D eigenvalue weighted by atomic mass is 16.6. The molecule has 3 aromatic carbocycles. The number of esters is 1. The largest absolute Gasteiger partial charge is 0.491 e. The van der Waals surface area contributed by atoms with Crippen LogP contribution in [0.5, 0.6) is 11.5 Å². The molecule has 0 aliphatic heterocycles. The summed E-state index contributed by atoms with van der Waals surface area (Å²) in [6.07, 6.45) is 0.262. The summed E-state index contributed by atoms with van der Waals surface area (Å²) in [7, 11) is 0. The van der Waals surface area contributed by atoms with Gasteiger partial charge in [0.05, 0.1) is 12.7 Å². The third-order valence-electron chi connectivity index (χ3n) is 6.28. The molecule has 0 amide bonds. The lowest BCUT2D eigenvalue weighted by Crippen LogP contribution is -2.43. The van der Waals surface area contributed by atoms with Gasteiger partial charge in [-0.15, -0.1) is 0 Å². The average Bonchev–Trinajstić information content (AvgIpc) is 2.95. The maximum atomic E-state index is 11.5. The summed E-state index contributed by atoms with van der Waals surface area (Å²) in [6.45, 7) is 5.03. The predicted octanol–water partition coefficient (Wildman–Crippen LogP) is 4.43. The topological polar surface area (TPSA) is 88.5 Å². The molecule has 0 saturated heterocycles. The van der Waals surface area contributed by atoms with E-state index in [1.165, 1.54) is 0 Å². The number of carbonyl (C=O) groups is 1. The highest BCUT2D eigenvalue weighted by molar-refractivity contribution is 5.71. The van der Waals surface area contributed by atoms with Crippen LogP contribution in [0.2, 0.25) is 0 Å². The zero-order valence-corrected chi connectivity index (χ0v) is 22.2. The molecule has 0 spiro atoms. The molecular weight excluding hydrogens is 482 g/mol. The number of ether oxygens (including phenoxy) is 3. The van der Waals surface area contributed by atoms with Crippen LogP contribution >= 0.6 is 0 Å². The molecular formula is C31H39NO6. The first-order chi connectivity index (χ1) is 18.4. The zero-order chi connectivity index (χ0) is 27.2. The SMILES string of the molecule is CCOC(=O)COc1ccc(CC[C@@H](C)N(C[C@H](O)COc2ccccc2)C[C@H](O)c2ccccc2)cc1. The van der Waals surface area contributed by atoms with Crippen LogP contribution in [0.1, 0.15) is 37.5 Å². The van der Waals surface area contributed by atoms with E-state index in [4.69, 9.17) is 14.2 Å². The number of aryl methyl sites for hydroxylation is 1. The molecule has 204 valence electrons. The number of hydrogen-bond donors (Lipinski definition) is 2. The fourth-order valence-corrected chi connectivity index (χ4v) is 4.13. The van der Waals surface area contributed by atoms with Crippen LogP contribution in [0.4, 0.5) is 0 Å². The van der Waals surface area contributed by atoms with Gasteiger partial charge in [-0.3, -0.25) is 4.90 Å². The summed E-state index contributed by atoms with van der Waals surface area (Å²) in [4.78, 5) is 13.6. The standard InChI is InChI=1S/C31H39NO6/c1-3-36-31(35)23-38-29-18-16-25(17-19-29)15-14-24(2)32(21-30(34)26-10-6-4-7-11-26)20-27(33)22-37-28-12-8-5-9-13-28/h4-13,16-19,24,27,30,33-34H,3,14-15,20-23H2,1-2H3/t24-,27+,30+/m1/s1. The Morgan fingerprint density at radius 2 is 1.47 bits per heavy atom. The molecule has 0 aromatic heterocycles. The molecule has 0 fully saturated rings. The Labute approximate surface area is 225 Å². The molecule has 0 aliphatic rings. The highest BCUT2D eigenvalue weighted by Crippen LogP contribution is 2.20. The minimum Gasteiger partial charge on any atom is -0.491 e. The maximum absolute atomic E-state index is 11.5. The van der Waals surface area contributed by atoms with Crippen molar-refractivity contribution in [3.8, 4) is 11.5 Å². The second-order valence-corrected chi connectivity index (χ2v) is 9.28. The van der Waals surface area contributed by atoms with Gasteiger partial charge in [0.2, 0.25) is 0 Å². The minimum absolute atomic E-state index is 0.0967. The van der Waals surface area contributed by atoms with Crippen LogP contribution in [0.3, 0.4) is 0 Å². The third-order valence-corrected chi connectivity index (χ3v) is 6.28. The van der Waals surface area contributed by atoms with Gasteiger partial charge in [0.15, 0.2) is 6.61 Å². The second kappa shape index (κ2) is 15.8. The molecule has 0 radical (unpaired) electrons. The van der Waals surface area contributed by atoms with E-state index >= 15 is 0 Å². The Morgan fingerprint density at radius 3 is 2.13 bits per heavy atom. The van der Waals surface area contributed by atoms with Crippen molar-refractivity contribution in [3.05, 3.63) is 96.1 Å². The summed E-state index contributed by atoms with van der Waals surface area (Å²) in [5.41, 5.74) is 1.98. The lowest BCUT2D eigenvalue weighted by molar-refractivity contribution is -0.145. The van der Waals surface area contributed by atoms with Gasteiger partial charge in [-0.05, 0) is 62.1 Å². The summed E-state index contributed by atoms with van der Waals surface area (Å²) in [5, 5.41) is 21.7. The van der Waals surface area contributed by atoms with Crippen molar-refractivity contribution < 1.29 is 29.2 Å². The minimum atomic E-state index is -0.712. The van der Waals surface area contributed by atoms with Crippen molar-refractivity contribution in [1.29, 1.82) is 0 Å². The molecule has 3 aromatic rings. The number of nitrogens with zero attached hydrogens (tertiary/aromatic N) is 1. The first-order valence-corrected chi connectivity index (χ1v) is 13.1. The van der Waals surface area contributed by atoms with Gasteiger partial charge in [0.1, 0.15) is 24.2 Å². The van der Waals surface area contributed by atoms with E-state index in [2.05, 4.69) is 11.8 Å². The molecule has 3 atom stereocenters. The second-order valence-electron chi connectivity index (χ2n) is 9.28. The zero-order valence-electron chi connectivity index (χ0n) is 22.2. The Bertz CT molecular complexity index is 1060. The van der Waals surface area contributed by atoms with E-state index in [0.29, 0.717) is 31.2 Å². The van der Waals surface area contributed by atoms with Crippen molar-refractivity contribution >= 4 is 5.97 Å². The number of rotatable bonds is 16. The van der Waals surface area contributed by atoms with Gasteiger partial charge in [-0.25, -0.2) is 4.79 Å². The number of aliphatic hydroxyl groups excluding tert-OH is 2. The Kier molecular flexibility index (Phi) is 12.1. The van der Waals surface area contributed by atoms with E-state index in [-0.39, 0.29) is 25.2 Å². The molecule has 0 aliphatic carbocycles. The van der Waals surface area contributed by atoms with Crippen molar-refractivity contribution in [2.45, 2.75) is 44.9 Å². The molecule has 0 bridgehead atoms. The Hall–Kier alpha value is -3.39. The molecule has 2 N–H and O–H groups in total. The van der Waals surface area contributed by atoms with Crippen molar-refractivity contribution in [1.82, 2.24) is 4.90 Å².